The van der Waals surface area contributed by atoms with Gasteiger partial charge in [0, 0.05) is 24.2 Å². The number of rotatable bonds is 5. The Morgan fingerprint density at radius 1 is 1.00 bits per heavy atom. The van der Waals surface area contributed by atoms with Gasteiger partial charge in [-0.15, -0.1) is 0 Å². The standard InChI is InChI=1S/C27H31NO6/c1-27(2,3)34-26(31)17-8-7-11-28(15-17)14-16-12-19-23(21(13-16)33-5)25(30)22-18(24(19)29)9-6-10-20(22)32-4/h6,9-10,12-13,17H,7-8,11,14-15H2,1-5H3/t17-/m0/s1. The number of esters is 1. The molecule has 0 radical (unpaired) electrons. The largest absolute Gasteiger partial charge is 0.496 e. The number of likely N-dealkylation sites (tertiary alicyclic amines) is 1. The van der Waals surface area contributed by atoms with Crippen molar-refractivity contribution in [3.05, 3.63) is 58.1 Å². The molecule has 180 valence electrons. The first kappa shape index (κ1) is 24.0. The zero-order valence-corrected chi connectivity index (χ0v) is 20.4. The maximum Gasteiger partial charge on any atom is 0.310 e. The van der Waals surface area contributed by atoms with Crippen LogP contribution in [0.1, 0.15) is 71.0 Å². The van der Waals surface area contributed by atoms with E-state index in [0.29, 0.717) is 35.7 Å². The SMILES string of the molecule is COc1cccc2c1C(=O)c1c(OC)cc(CN3CCC[C@H](C(=O)OC(C)(C)C)C3)cc1C2=O. The van der Waals surface area contributed by atoms with Crippen LogP contribution in [0.2, 0.25) is 0 Å². The summed E-state index contributed by atoms with van der Waals surface area (Å²) < 4.78 is 16.5. The molecule has 2 aliphatic rings. The van der Waals surface area contributed by atoms with Gasteiger partial charge in [-0.3, -0.25) is 19.3 Å². The van der Waals surface area contributed by atoms with Crippen molar-refractivity contribution >= 4 is 17.5 Å². The van der Waals surface area contributed by atoms with Crippen LogP contribution in [0.15, 0.2) is 30.3 Å². The van der Waals surface area contributed by atoms with E-state index in [0.717, 1.165) is 24.9 Å². The number of methoxy groups -OCH3 is 2. The lowest BCUT2D eigenvalue weighted by molar-refractivity contribution is -0.162. The van der Waals surface area contributed by atoms with Crippen molar-refractivity contribution in [1.29, 1.82) is 0 Å². The fourth-order valence-corrected chi connectivity index (χ4v) is 4.77. The molecule has 1 saturated heterocycles. The van der Waals surface area contributed by atoms with Crippen molar-refractivity contribution in [3.63, 3.8) is 0 Å². The van der Waals surface area contributed by atoms with Crippen molar-refractivity contribution in [2.24, 2.45) is 5.92 Å². The van der Waals surface area contributed by atoms with Crippen LogP contribution in [0.3, 0.4) is 0 Å². The number of fused-ring (bicyclic) bond motifs is 2. The Bertz CT molecular complexity index is 1150. The Kier molecular flexibility index (Phi) is 6.49. The lowest BCUT2D eigenvalue weighted by Crippen LogP contribution is -2.40. The summed E-state index contributed by atoms with van der Waals surface area (Å²) in [4.78, 5) is 41.5. The van der Waals surface area contributed by atoms with Gasteiger partial charge in [0.05, 0.1) is 31.3 Å². The minimum atomic E-state index is -0.517. The number of carbonyl (C=O) groups is 3. The number of piperidine rings is 1. The summed E-state index contributed by atoms with van der Waals surface area (Å²) in [6, 6.07) is 8.61. The summed E-state index contributed by atoms with van der Waals surface area (Å²) in [5.74, 6) is -0.138. The van der Waals surface area contributed by atoms with E-state index in [-0.39, 0.29) is 34.6 Å². The lowest BCUT2D eigenvalue weighted by atomic mass is 9.82. The van der Waals surface area contributed by atoms with E-state index >= 15 is 0 Å². The number of hydrogen-bond donors (Lipinski definition) is 0. The Morgan fingerprint density at radius 2 is 1.71 bits per heavy atom. The van der Waals surface area contributed by atoms with E-state index in [1.54, 1.807) is 24.3 Å². The molecule has 1 aliphatic heterocycles. The normalized spacial score (nSPS) is 18.2. The third-order valence-electron chi connectivity index (χ3n) is 6.22. The smallest absolute Gasteiger partial charge is 0.310 e. The summed E-state index contributed by atoms with van der Waals surface area (Å²) in [5.41, 5.74) is 1.54. The molecule has 0 N–H and O–H groups in total. The first-order chi connectivity index (χ1) is 16.1. The molecule has 1 heterocycles. The summed E-state index contributed by atoms with van der Waals surface area (Å²) in [6.45, 7) is 7.58. The predicted molar refractivity (Wildman–Crippen MR) is 127 cm³/mol. The lowest BCUT2D eigenvalue weighted by Gasteiger charge is -2.33. The molecule has 2 aromatic carbocycles. The summed E-state index contributed by atoms with van der Waals surface area (Å²) >= 11 is 0. The van der Waals surface area contributed by atoms with Crippen LogP contribution in [-0.4, -0.2) is 55.3 Å². The van der Waals surface area contributed by atoms with Crippen LogP contribution in [0.5, 0.6) is 11.5 Å². The second-order valence-corrected chi connectivity index (χ2v) is 9.87. The van der Waals surface area contributed by atoms with E-state index in [1.807, 2.05) is 26.8 Å². The van der Waals surface area contributed by atoms with Crippen molar-refractivity contribution in [1.82, 2.24) is 4.90 Å². The quantitative estimate of drug-likeness (QED) is 0.526. The van der Waals surface area contributed by atoms with E-state index in [4.69, 9.17) is 14.2 Å². The molecule has 0 amide bonds. The highest BCUT2D eigenvalue weighted by atomic mass is 16.6. The Labute approximate surface area is 200 Å². The summed E-state index contributed by atoms with van der Waals surface area (Å²) in [6.07, 6.45) is 1.68. The van der Waals surface area contributed by atoms with Gasteiger partial charge >= 0.3 is 5.97 Å². The molecular weight excluding hydrogens is 434 g/mol. The number of ether oxygens (including phenoxy) is 3. The molecule has 0 spiro atoms. The highest BCUT2D eigenvalue weighted by Gasteiger charge is 2.36. The van der Waals surface area contributed by atoms with Crippen molar-refractivity contribution in [2.45, 2.75) is 45.8 Å². The van der Waals surface area contributed by atoms with Crippen molar-refractivity contribution in [3.8, 4) is 11.5 Å². The molecule has 0 bridgehead atoms. The number of nitrogens with zero attached hydrogens (tertiary/aromatic N) is 1. The molecule has 0 unspecified atom stereocenters. The molecule has 0 saturated carbocycles. The van der Waals surface area contributed by atoms with Gasteiger partial charge in [0.25, 0.3) is 0 Å². The van der Waals surface area contributed by atoms with E-state index in [2.05, 4.69) is 4.90 Å². The highest BCUT2D eigenvalue weighted by molar-refractivity contribution is 6.30. The molecule has 4 rings (SSSR count). The molecule has 1 atom stereocenters. The number of benzene rings is 2. The summed E-state index contributed by atoms with van der Waals surface area (Å²) in [7, 11) is 2.97. The monoisotopic (exact) mass is 465 g/mol. The average molecular weight is 466 g/mol. The highest BCUT2D eigenvalue weighted by Crippen LogP contribution is 2.38. The van der Waals surface area contributed by atoms with Crippen LogP contribution < -0.4 is 9.47 Å². The fraction of sp³-hybridized carbons (Fsp3) is 0.444. The van der Waals surface area contributed by atoms with Crippen LogP contribution >= 0.6 is 0 Å². The molecule has 1 aliphatic carbocycles. The number of carbonyl (C=O) groups excluding carboxylic acids is 3. The van der Waals surface area contributed by atoms with Gasteiger partial charge in [0.1, 0.15) is 17.1 Å². The second kappa shape index (κ2) is 9.22. The van der Waals surface area contributed by atoms with Gasteiger partial charge in [0.2, 0.25) is 5.78 Å². The van der Waals surface area contributed by atoms with Gasteiger partial charge in [0.15, 0.2) is 5.78 Å². The number of hydrogen-bond acceptors (Lipinski definition) is 7. The number of ketones is 2. The third-order valence-corrected chi connectivity index (χ3v) is 6.22. The molecule has 2 aromatic rings. The zero-order valence-electron chi connectivity index (χ0n) is 20.4. The molecule has 34 heavy (non-hydrogen) atoms. The first-order valence-corrected chi connectivity index (χ1v) is 11.6. The minimum absolute atomic E-state index is 0.174. The van der Waals surface area contributed by atoms with Gasteiger partial charge in [-0.1, -0.05) is 12.1 Å². The third kappa shape index (κ3) is 4.57. The second-order valence-electron chi connectivity index (χ2n) is 9.87. The molecule has 7 nitrogen and oxygen atoms in total. The fourth-order valence-electron chi connectivity index (χ4n) is 4.77. The Morgan fingerprint density at radius 3 is 2.38 bits per heavy atom. The van der Waals surface area contributed by atoms with Gasteiger partial charge in [-0.25, -0.2) is 0 Å². The van der Waals surface area contributed by atoms with Crippen LogP contribution in [0.4, 0.5) is 0 Å². The van der Waals surface area contributed by atoms with Crippen LogP contribution in [0.25, 0.3) is 0 Å². The summed E-state index contributed by atoms with van der Waals surface area (Å²) in [5, 5.41) is 0. The Hall–Kier alpha value is -3.19. The topological polar surface area (TPSA) is 82.1 Å². The van der Waals surface area contributed by atoms with Crippen molar-refractivity contribution in [2.75, 3.05) is 27.3 Å². The molecule has 7 heteroatoms. The molecule has 1 fully saturated rings. The van der Waals surface area contributed by atoms with Crippen LogP contribution in [0, 0.1) is 5.92 Å². The first-order valence-electron chi connectivity index (χ1n) is 11.6. The maximum absolute atomic E-state index is 13.4. The van der Waals surface area contributed by atoms with Crippen LogP contribution in [-0.2, 0) is 16.1 Å². The van der Waals surface area contributed by atoms with E-state index < -0.39 is 5.60 Å². The van der Waals surface area contributed by atoms with Gasteiger partial charge in [-0.05, 0) is 63.9 Å². The van der Waals surface area contributed by atoms with Gasteiger partial charge in [-0.2, -0.15) is 0 Å². The maximum atomic E-state index is 13.4. The average Bonchev–Trinajstić information content (AvgIpc) is 2.80. The van der Waals surface area contributed by atoms with E-state index in [9.17, 15) is 14.4 Å². The van der Waals surface area contributed by atoms with E-state index in [1.165, 1.54) is 14.2 Å². The van der Waals surface area contributed by atoms with Gasteiger partial charge < -0.3 is 14.2 Å². The Balaban J connectivity index is 1.62. The zero-order chi connectivity index (χ0) is 24.6. The molecular formula is C27H31NO6. The predicted octanol–water partition coefficient (Wildman–Crippen LogP) is 4.03. The minimum Gasteiger partial charge on any atom is -0.496 e. The van der Waals surface area contributed by atoms with Crippen molar-refractivity contribution < 1.29 is 28.6 Å². The molecule has 0 aromatic heterocycles.